The molecule has 0 spiro atoms. The lowest BCUT2D eigenvalue weighted by Crippen LogP contribution is -2.38. The minimum absolute atomic E-state index is 0. The SMILES string of the molecule is I.NC(=NCC(=O)N1CCCC1)NCC1CCC1. The fraction of sp³-hybridized carbons (Fsp3) is 0.833. The highest BCUT2D eigenvalue weighted by molar-refractivity contribution is 14.0. The fourth-order valence-electron chi connectivity index (χ4n) is 2.22. The smallest absolute Gasteiger partial charge is 0.244 e. The van der Waals surface area contributed by atoms with Crippen LogP contribution < -0.4 is 11.1 Å². The largest absolute Gasteiger partial charge is 0.370 e. The minimum atomic E-state index is 0. The van der Waals surface area contributed by atoms with Gasteiger partial charge < -0.3 is 16.0 Å². The Morgan fingerprint density at radius 2 is 1.94 bits per heavy atom. The zero-order chi connectivity index (χ0) is 12.1. The molecule has 1 amide bonds. The molecule has 3 N–H and O–H groups in total. The van der Waals surface area contributed by atoms with Crippen LogP contribution in [-0.2, 0) is 4.79 Å². The van der Waals surface area contributed by atoms with Gasteiger partial charge in [0, 0.05) is 19.6 Å². The average molecular weight is 366 g/mol. The van der Waals surface area contributed by atoms with Crippen LogP contribution in [0.1, 0.15) is 32.1 Å². The maximum atomic E-state index is 11.7. The van der Waals surface area contributed by atoms with Gasteiger partial charge in [-0.1, -0.05) is 6.42 Å². The number of rotatable bonds is 4. The first-order chi connectivity index (χ1) is 8.25. The number of nitrogens with two attached hydrogens (primary N) is 1. The Hall–Kier alpha value is -0.530. The van der Waals surface area contributed by atoms with Crippen molar-refractivity contribution in [3.8, 4) is 0 Å². The number of likely N-dealkylation sites (tertiary alicyclic amines) is 1. The number of guanidine groups is 1. The summed E-state index contributed by atoms with van der Waals surface area (Å²) in [6.45, 7) is 2.84. The van der Waals surface area contributed by atoms with Crippen LogP contribution in [0.5, 0.6) is 0 Å². The molecule has 1 saturated heterocycles. The van der Waals surface area contributed by atoms with Crippen LogP contribution in [0.15, 0.2) is 4.99 Å². The first-order valence-corrected chi connectivity index (χ1v) is 6.57. The van der Waals surface area contributed by atoms with E-state index in [-0.39, 0.29) is 36.4 Å². The molecular weight excluding hydrogens is 343 g/mol. The van der Waals surface area contributed by atoms with Gasteiger partial charge in [0.15, 0.2) is 5.96 Å². The quantitative estimate of drug-likeness (QED) is 0.442. The van der Waals surface area contributed by atoms with Gasteiger partial charge in [-0.3, -0.25) is 4.79 Å². The van der Waals surface area contributed by atoms with E-state index in [0.29, 0.717) is 5.96 Å². The Kier molecular flexibility index (Phi) is 6.73. The van der Waals surface area contributed by atoms with Gasteiger partial charge in [0.25, 0.3) is 0 Å². The molecule has 1 saturated carbocycles. The van der Waals surface area contributed by atoms with Crippen molar-refractivity contribution in [1.82, 2.24) is 10.2 Å². The van der Waals surface area contributed by atoms with E-state index in [1.54, 1.807) is 0 Å². The topological polar surface area (TPSA) is 70.7 Å². The number of hydrogen-bond donors (Lipinski definition) is 2. The van der Waals surface area contributed by atoms with Crippen LogP contribution in [0.3, 0.4) is 0 Å². The number of halogens is 1. The molecular formula is C12H23IN4O. The molecule has 5 nitrogen and oxygen atoms in total. The third-order valence-electron chi connectivity index (χ3n) is 3.64. The second-order valence-corrected chi connectivity index (χ2v) is 4.97. The molecule has 6 heteroatoms. The van der Waals surface area contributed by atoms with Crippen LogP contribution in [-0.4, -0.2) is 42.9 Å². The highest BCUT2D eigenvalue weighted by atomic mass is 127. The highest BCUT2D eigenvalue weighted by Gasteiger charge is 2.18. The molecule has 0 unspecified atom stereocenters. The maximum Gasteiger partial charge on any atom is 0.244 e. The van der Waals surface area contributed by atoms with E-state index in [2.05, 4.69) is 10.3 Å². The maximum absolute atomic E-state index is 11.7. The van der Waals surface area contributed by atoms with Crippen LogP contribution in [0, 0.1) is 5.92 Å². The normalized spacial score (nSPS) is 20.2. The number of nitrogens with one attached hydrogen (secondary N) is 1. The second-order valence-electron chi connectivity index (χ2n) is 4.97. The van der Waals surface area contributed by atoms with Crippen molar-refractivity contribution in [3.63, 3.8) is 0 Å². The monoisotopic (exact) mass is 366 g/mol. The van der Waals surface area contributed by atoms with Crippen molar-refractivity contribution in [3.05, 3.63) is 0 Å². The third kappa shape index (κ3) is 4.62. The molecule has 0 aromatic heterocycles. The van der Waals surface area contributed by atoms with Crippen LogP contribution in [0.25, 0.3) is 0 Å². The van der Waals surface area contributed by atoms with E-state index >= 15 is 0 Å². The second kappa shape index (κ2) is 7.81. The van der Waals surface area contributed by atoms with Gasteiger partial charge in [-0.15, -0.1) is 24.0 Å². The summed E-state index contributed by atoms with van der Waals surface area (Å²) in [6.07, 6.45) is 6.13. The third-order valence-corrected chi connectivity index (χ3v) is 3.64. The van der Waals surface area contributed by atoms with Crippen molar-refractivity contribution in [1.29, 1.82) is 0 Å². The zero-order valence-corrected chi connectivity index (χ0v) is 13.1. The lowest BCUT2D eigenvalue weighted by atomic mass is 9.85. The summed E-state index contributed by atoms with van der Waals surface area (Å²) in [6, 6.07) is 0. The van der Waals surface area contributed by atoms with E-state index in [4.69, 9.17) is 5.73 Å². The molecule has 0 aromatic carbocycles. The summed E-state index contributed by atoms with van der Waals surface area (Å²) in [7, 11) is 0. The summed E-state index contributed by atoms with van der Waals surface area (Å²) in [5.41, 5.74) is 5.72. The van der Waals surface area contributed by atoms with E-state index in [1.165, 1.54) is 19.3 Å². The van der Waals surface area contributed by atoms with E-state index in [0.717, 1.165) is 38.4 Å². The predicted molar refractivity (Wildman–Crippen MR) is 83.1 cm³/mol. The predicted octanol–water partition coefficient (Wildman–Crippen LogP) is 0.931. The van der Waals surface area contributed by atoms with Crippen molar-refractivity contribution < 1.29 is 4.79 Å². The summed E-state index contributed by atoms with van der Waals surface area (Å²) in [4.78, 5) is 17.6. The van der Waals surface area contributed by atoms with Crippen molar-refractivity contribution in [2.45, 2.75) is 32.1 Å². The van der Waals surface area contributed by atoms with Crippen molar-refractivity contribution in [2.24, 2.45) is 16.6 Å². The standard InChI is InChI=1S/C12H22N4O.HI/c13-12(14-8-10-4-3-5-10)15-9-11(17)16-6-1-2-7-16;/h10H,1-9H2,(H3,13,14,15);1H. The average Bonchev–Trinajstić information content (AvgIpc) is 2.77. The Morgan fingerprint density at radius 3 is 2.50 bits per heavy atom. The molecule has 0 radical (unpaired) electrons. The summed E-state index contributed by atoms with van der Waals surface area (Å²) in [5, 5.41) is 3.09. The van der Waals surface area contributed by atoms with E-state index in [1.807, 2.05) is 4.90 Å². The number of aliphatic imine (C=N–C) groups is 1. The van der Waals surface area contributed by atoms with E-state index in [9.17, 15) is 4.79 Å². The molecule has 2 fully saturated rings. The van der Waals surface area contributed by atoms with Crippen molar-refractivity contribution in [2.75, 3.05) is 26.2 Å². The van der Waals surface area contributed by atoms with Gasteiger partial charge in [-0.25, -0.2) is 4.99 Å². The van der Waals surface area contributed by atoms with E-state index < -0.39 is 0 Å². The first kappa shape index (κ1) is 15.5. The van der Waals surface area contributed by atoms with Crippen LogP contribution in [0.2, 0.25) is 0 Å². The molecule has 1 aliphatic carbocycles. The molecule has 0 aromatic rings. The Balaban J connectivity index is 0.00000162. The van der Waals surface area contributed by atoms with Gasteiger partial charge in [0.2, 0.25) is 5.91 Å². The zero-order valence-electron chi connectivity index (χ0n) is 10.7. The summed E-state index contributed by atoms with van der Waals surface area (Å²) in [5.74, 6) is 1.25. The first-order valence-electron chi connectivity index (χ1n) is 6.57. The molecule has 0 bridgehead atoms. The number of amides is 1. The van der Waals surface area contributed by atoms with Crippen LogP contribution in [0.4, 0.5) is 0 Å². The molecule has 2 aliphatic rings. The fourth-order valence-corrected chi connectivity index (χ4v) is 2.22. The minimum Gasteiger partial charge on any atom is -0.370 e. The molecule has 2 rings (SSSR count). The van der Waals surface area contributed by atoms with Crippen molar-refractivity contribution >= 4 is 35.8 Å². The molecule has 1 aliphatic heterocycles. The Morgan fingerprint density at radius 1 is 1.28 bits per heavy atom. The number of carbonyl (C=O) groups is 1. The molecule has 0 atom stereocenters. The Bertz CT molecular complexity index is 298. The Labute approximate surface area is 126 Å². The summed E-state index contributed by atoms with van der Waals surface area (Å²) >= 11 is 0. The van der Waals surface area contributed by atoms with Gasteiger partial charge in [0.05, 0.1) is 0 Å². The number of carbonyl (C=O) groups excluding carboxylic acids is 1. The lowest BCUT2D eigenvalue weighted by molar-refractivity contribution is -0.128. The van der Waals surface area contributed by atoms with Gasteiger partial charge in [-0.2, -0.15) is 0 Å². The summed E-state index contributed by atoms with van der Waals surface area (Å²) < 4.78 is 0. The van der Waals surface area contributed by atoms with Gasteiger partial charge in [0.1, 0.15) is 6.54 Å². The molecule has 104 valence electrons. The van der Waals surface area contributed by atoms with Gasteiger partial charge >= 0.3 is 0 Å². The van der Waals surface area contributed by atoms with Crippen LogP contribution >= 0.6 is 24.0 Å². The highest BCUT2D eigenvalue weighted by Crippen LogP contribution is 2.24. The lowest BCUT2D eigenvalue weighted by Gasteiger charge is -2.25. The molecule has 18 heavy (non-hydrogen) atoms. The molecule has 1 heterocycles. The van der Waals surface area contributed by atoms with Gasteiger partial charge in [-0.05, 0) is 31.6 Å². The number of hydrogen-bond acceptors (Lipinski definition) is 2. The number of nitrogens with zero attached hydrogens (tertiary/aromatic N) is 2.